The van der Waals surface area contributed by atoms with E-state index in [1.165, 1.54) is 31.2 Å². The Morgan fingerprint density at radius 2 is 2.19 bits per heavy atom. The molecule has 0 radical (unpaired) electrons. The molecule has 2 heterocycles. The molecule has 2 fully saturated rings. The predicted octanol–water partition coefficient (Wildman–Crippen LogP) is 0.716. The number of benzene rings is 1. The van der Waals surface area contributed by atoms with Crippen molar-refractivity contribution in [2.45, 2.75) is 57.2 Å². The van der Waals surface area contributed by atoms with Crippen molar-refractivity contribution >= 4 is 11.6 Å². The fraction of sp³-hybridized carbons (Fsp3) is 0.588. The van der Waals surface area contributed by atoms with Crippen molar-refractivity contribution < 1.29 is 33.8 Å². The van der Waals surface area contributed by atoms with Crippen molar-refractivity contribution in [3.8, 4) is 5.75 Å². The monoisotopic (exact) mass is 382 g/mol. The SMILES string of the molecule is CC(=O)N[C@@H]1[C@@H](Oc2cccc([N+](=O)[O-])c2)O[C@H]2COC(C)(C)O[C@H]2[C@@H]1O. The summed E-state index contributed by atoms with van der Waals surface area (Å²) in [6.45, 7) is 4.90. The lowest BCUT2D eigenvalue weighted by Gasteiger charge is -2.49. The van der Waals surface area contributed by atoms with Gasteiger partial charge in [-0.3, -0.25) is 14.9 Å². The van der Waals surface area contributed by atoms with Gasteiger partial charge in [0.15, 0.2) is 5.79 Å². The molecule has 10 heteroatoms. The smallest absolute Gasteiger partial charge is 0.273 e. The van der Waals surface area contributed by atoms with Gasteiger partial charge in [-0.05, 0) is 19.9 Å². The van der Waals surface area contributed by atoms with Gasteiger partial charge in [0.2, 0.25) is 12.2 Å². The van der Waals surface area contributed by atoms with Gasteiger partial charge in [0.25, 0.3) is 5.69 Å². The van der Waals surface area contributed by atoms with Gasteiger partial charge in [-0.1, -0.05) is 6.07 Å². The van der Waals surface area contributed by atoms with Crippen LogP contribution in [0.25, 0.3) is 0 Å². The molecule has 0 aliphatic carbocycles. The summed E-state index contributed by atoms with van der Waals surface area (Å²) < 4.78 is 22.9. The Bertz CT molecular complexity index is 725. The van der Waals surface area contributed by atoms with E-state index in [1.807, 2.05) is 0 Å². The molecule has 1 aromatic carbocycles. The third-order valence-electron chi connectivity index (χ3n) is 4.34. The molecule has 10 nitrogen and oxygen atoms in total. The molecule has 2 saturated heterocycles. The quantitative estimate of drug-likeness (QED) is 0.575. The van der Waals surface area contributed by atoms with Gasteiger partial charge in [0.05, 0.1) is 17.6 Å². The number of nitrogens with one attached hydrogen (secondary N) is 1. The van der Waals surface area contributed by atoms with Crippen molar-refractivity contribution in [1.82, 2.24) is 5.32 Å². The number of ether oxygens (including phenoxy) is 4. The number of amides is 1. The van der Waals surface area contributed by atoms with Gasteiger partial charge in [0, 0.05) is 13.0 Å². The van der Waals surface area contributed by atoms with Crippen LogP contribution in [-0.4, -0.2) is 59.0 Å². The number of hydrogen-bond acceptors (Lipinski definition) is 8. The Balaban J connectivity index is 1.83. The molecule has 2 aliphatic heterocycles. The van der Waals surface area contributed by atoms with Gasteiger partial charge in [0.1, 0.15) is 30.1 Å². The zero-order valence-corrected chi connectivity index (χ0v) is 15.2. The maximum Gasteiger partial charge on any atom is 0.273 e. The van der Waals surface area contributed by atoms with Crippen LogP contribution in [0.2, 0.25) is 0 Å². The number of nitrogens with zero attached hydrogens (tertiary/aromatic N) is 1. The molecule has 1 aromatic rings. The van der Waals surface area contributed by atoms with Crippen molar-refractivity contribution in [3.05, 3.63) is 34.4 Å². The molecule has 148 valence electrons. The van der Waals surface area contributed by atoms with Crippen molar-refractivity contribution in [1.29, 1.82) is 0 Å². The summed E-state index contributed by atoms with van der Waals surface area (Å²) in [6.07, 6.45) is -3.56. The number of carbonyl (C=O) groups is 1. The Morgan fingerprint density at radius 3 is 2.85 bits per heavy atom. The van der Waals surface area contributed by atoms with Crippen molar-refractivity contribution in [2.24, 2.45) is 0 Å². The molecule has 0 bridgehead atoms. The summed E-state index contributed by atoms with van der Waals surface area (Å²) in [4.78, 5) is 22.0. The lowest BCUT2D eigenvalue weighted by Crippen LogP contribution is -2.69. The molecule has 5 atom stereocenters. The Morgan fingerprint density at radius 1 is 1.44 bits per heavy atom. The average molecular weight is 382 g/mol. The highest BCUT2D eigenvalue weighted by atomic mass is 16.8. The number of fused-ring (bicyclic) bond motifs is 1. The first-order valence-electron chi connectivity index (χ1n) is 8.50. The first-order chi connectivity index (χ1) is 12.7. The van der Waals surface area contributed by atoms with Crippen molar-refractivity contribution in [2.75, 3.05) is 6.61 Å². The molecule has 2 N–H and O–H groups in total. The highest BCUT2D eigenvalue weighted by Gasteiger charge is 2.52. The van der Waals surface area contributed by atoms with E-state index in [-0.39, 0.29) is 24.0 Å². The van der Waals surface area contributed by atoms with E-state index in [0.29, 0.717) is 0 Å². The summed E-state index contributed by atoms with van der Waals surface area (Å²) in [5.74, 6) is -1.12. The standard InChI is InChI=1S/C17H22N2O8/c1-9(20)18-13-14(21)15-12(8-24-17(2,3)27-15)26-16(13)25-11-6-4-5-10(7-11)19(22)23/h4-7,12-16,21H,8H2,1-3H3,(H,18,20)/t12-,13-,14+,15+,16-/m0/s1. The zero-order chi connectivity index (χ0) is 19.8. The number of rotatable bonds is 4. The summed E-state index contributed by atoms with van der Waals surface area (Å²) in [5, 5.41) is 24.3. The molecule has 2 aliphatic rings. The summed E-state index contributed by atoms with van der Waals surface area (Å²) in [7, 11) is 0. The minimum Gasteiger partial charge on any atom is -0.462 e. The van der Waals surface area contributed by atoms with E-state index in [1.54, 1.807) is 13.8 Å². The number of nitro groups is 1. The van der Waals surface area contributed by atoms with Crippen molar-refractivity contribution in [3.63, 3.8) is 0 Å². The van der Waals surface area contributed by atoms with E-state index in [2.05, 4.69) is 5.32 Å². The molecule has 0 saturated carbocycles. The maximum atomic E-state index is 11.6. The summed E-state index contributed by atoms with van der Waals surface area (Å²) >= 11 is 0. The Hall–Kier alpha value is -2.27. The third-order valence-corrected chi connectivity index (χ3v) is 4.34. The van der Waals surface area contributed by atoms with Gasteiger partial charge < -0.3 is 29.4 Å². The van der Waals surface area contributed by atoms with Crippen LogP contribution in [-0.2, 0) is 19.0 Å². The molecule has 3 rings (SSSR count). The van der Waals surface area contributed by atoms with Gasteiger partial charge in [-0.2, -0.15) is 0 Å². The molecule has 1 amide bonds. The van der Waals surface area contributed by atoms with Gasteiger partial charge in [-0.15, -0.1) is 0 Å². The second kappa shape index (κ2) is 7.39. The van der Waals surface area contributed by atoms with E-state index >= 15 is 0 Å². The number of aliphatic hydroxyl groups excluding tert-OH is 1. The molecule has 0 unspecified atom stereocenters. The largest absolute Gasteiger partial charge is 0.462 e. The van der Waals surface area contributed by atoms with Crippen LogP contribution in [0.4, 0.5) is 5.69 Å². The first kappa shape index (κ1) is 19.5. The number of carbonyl (C=O) groups excluding carboxylic acids is 1. The van der Waals surface area contributed by atoms with E-state index in [0.717, 1.165) is 0 Å². The van der Waals surface area contributed by atoms with E-state index < -0.39 is 41.4 Å². The summed E-state index contributed by atoms with van der Waals surface area (Å²) in [6, 6.07) is 4.63. The summed E-state index contributed by atoms with van der Waals surface area (Å²) in [5.41, 5.74) is -0.149. The number of aliphatic hydroxyl groups is 1. The van der Waals surface area contributed by atoms with Crippen LogP contribution in [0.5, 0.6) is 5.75 Å². The Labute approximate surface area is 155 Å². The van der Waals surface area contributed by atoms with Gasteiger partial charge in [-0.25, -0.2) is 0 Å². The lowest BCUT2D eigenvalue weighted by atomic mass is 9.95. The normalized spacial score (nSPS) is 32.2. The minimum atomic E-state index is -1.13. The zero-order valence-electron chi connectivity index (χ0n) is 15.2. The molecule has 0 spiro atoms. The highest BCUT2D eigenvalue weighted by Crippen LogP contribution is 2.33. The predicted molar refractivity (Wildman–Crippen MR) is 90.9 cm³/mol. The first-order valence-corrected chi connectivity index (χ1v) is 8.50. The molecular weight excluding hydrogens is 360 g/mol. The molecular formula is C17H22N2O8. The van der Waals surface area contributed by atoms with Crippen LogP contribution in [0, 0.1) is 10.1 Å². The maximum absolute atomic E-state index is 11.6. The fourth-order valence-electron chi connectivity index (χ4n) is 3.14. The number of nitro benzene ring substituents is 1. The Kier molecular flexibility index (Phi) is 5.33. The average Bonchev–Trinajstić information content (AvgIpc) is 2.59. The van der Waals surface area contributed by atoms with Crippen LogP contribution >= 0.6 is 0 Å². The lowest BCUT2D eigenvalue weighted by molar-refractivity contribution is -0.385. The van der Waals surface area contributed by atoms with Crippen LogP contribution in [0.15, 0.2) is 24.3 Å². The molecule has 0 aromatic heterocycles. The highest BCUT2D eigenvalue weighted by molar-refractivity contribution is 5.73. The molecule has 27 heavy (non-hydrogen) atoms. The minimum absolute atomic E-state index is 0.149. The van der Waals surface area contributed by atoms with Crippen LogP contribution in [0.3, 0.4) is 0 Å². The number of hydrogen-bond donors (Lipinski definition) is 2. The second-order valence-electron chi connectivity index (χ2n) is 6.93. The van der Waals surface area contributed by atoms with E-state index in [9.17, 15) is 20.0 Å². The number of non-ortho nitro benzene ring substituents is 1. The van der Waals surface area contributed by atoms with Crippen LogP contribution < -0.4 is 10.1 Å². The van der Waals surface area contributed by atoms with Gasteiger partial charge >= 0.3 is 0 Å². The topological polar surface area (TPSA) is 129 Å². The fourth-order valence-corrected chi connectivity index (χ4v) is 3.14. The second-order valence-corrected chi connectivity index (χ2v) is 6.93. The third kappa shape index (κ3) is 4.35. The van der Waals surface area contributed by atoms with Crippen LogP contribution in [0.1, 0.15) is 20.8 Å². The van der Waals surface area contributed by atoms with E-state index in [4.69, 9.17) is 18.9 Å².